The second-order valence-electron chi connectivity index (χ2n) is 4.91. The minimum Gasteiger partial charge on any atom is -0.381 e. The zero-order chi connectivity index (χ0) is 15.3. The van der Waals surface area contributed by atoms with E-state index >= 15 is 0 Å². The number of benzene rings is 1. The third kappa shape index (κ3) is 4.35. The van der Waals surface area contributed by atoms with Gasteiger partial charge >= 0.3 is 0 Å². The van der Waals surface area contributed by atoms with E-state index in [1.807, 2.05) is 6.92 Å². The summed E-state index contributed by atoms with van der Waals surface area (Å²) >= 11 is 5.95. The maximum absolute atomic E-state index is 10.8. The number of aryl methyl sites for hydroxylation is 1. The molecule has 1 aromatic rings. The molecule has 0 aromatic heterocycles. The van der Waals surface area contributed by atoms with Crippen molar-refractivity contribution in [2.24, 2.45) is 0 Å². The summed E-state index contributed by atoms with van der Waals surface area (Å²) in [6.45, 7) is 11.1. The lowest BCUT2D eigenvalue weighted by Gasteiger charge is -2.24. The summed E-state index contributed by atoms with van der Waals surface area (Å²) in [5.41, 5.74) is 1.62. The van der Waals surface area contributed by atoms with E-state index in [4.69, 9.17) is 11.6 Å². The Morgan fingerprint density at radius 1 is 1.40 bits per heavy atom. The van der Waals surface area contributed by atoms with Gasteiger partial charge in [0.15, 0.2) is 0 Å². The van der Waals surface area contributed by atoms with Gasteiger partial charge in [0.05, 0.1) is 4.92 Å². The Morgan fingerprint density at radius 2 is 2.00 bits per heavy atom. The Labute approximate surface area is 125 Å². The third-order valence-electron chi connectivity index (χ3n) is 3.32. The van der Waals surface area contributed by atoms with Gasteiger partial charge in [-0.15, -0.1) is 0 Å². The van der Waals surface area contributed by atoms with Crippen LogP contribution in [0.25, 0.3) is 0 Å². The molecular weight excluding hydrogens is 278 g/mol. The fourth-order valence-electron chi connectivity index (χ4n) is 2.14. The van der Waals surface area contributed by atoms with Crippen LogP contribution < -0.4 is 5.32 Å². The molecule has 0 amide bonds. The van der Waals surface area contributed by atoms with E-state index in [0.29, 0.717) is 0 Å². The first kappa shape index (κ1) is 16.7. The summed E-state index contributed by atoms with van der Waals surface area (Å²) in [4.78, 5) is 12.7. The van der Waals surface area contributed by atoms with Gasteiger partial charge in [0, 0.05) is 24.3 Å². The highest BCUT2D eigenvalue weighted by Crippen LogP contribution is 2.30. The molecule has 0 bridgehead atoms. The van der Waals surface area contributed by atoms with E-state index in [-0.39, 0.29) is 16.8 Å². The molecule has 6 heteroatoms. The second-order valence-corrected chi connectivity index (χ2v) is 5.31. The van der Waals surface area contributed by atoms with Gasteiger partial charge in [0.25, 0.3) is 5.69 Å². The number of halogens is 1. The van der Waals surface area contributed by atoms with Gasteiger partial charge in [-0.05, 0) is 38.6 Å². The third-order valence-corrected chi connectivity index (χ3v) is 3.62. The molecule has 0 saturated carbocycles. The van der Waals surface area contributed by atoms with E-state index in [2.05, 4.69) is 31.0 Å². The van der Waals surface area contributed by atoms with Crippen LogP contribution in [0, 0.1) is 17.0 Å². The van der Waals surface area contributed by atoms with Gasteiger partial charge in [-0.3, -0.25) is 10.1 Å². The average Bonchev–Trinajstić information content (AvgIpc) is 2.39. The number of nitro groups is 1. The molecule has 0 radical (unpaired) electrons. The first-order valence-electron chi connectivity index (χ1n) is 6.82. The molecule has 1 rings (SSSR count). The van der Waals surface area contributed by atoms with Crippen molar-refractivity contribution < 1.29 is 4.92 Å². The number of hydrogen-bond acceptors (Lipinski definition) is 4. The Balaban J connectivity index is 2.82. The Kier molecular flexibility index (Phi) is 6.23. The topological polar surface area (TPSA) is 58.4 Å². The van der Waals surface area contributed by atoms with Crippen LogP contribution in [0.3, 0.4) is 0 Å². The first-order valence-corrected chi connectivity index (χ1v) is 7.20. The zero-order valence-electron chi connectivity index (χ0n) is 12.4. The monoisotopic (exact) mass is 299 g/mol. The van der Waals surface area contributed by atoms with Crippen LogP contribution in [-0.2, 0) is 0 Å². The molecule has 0 fully saturated rings. The summed E-state index contributed by atoms with van der Waals surface area (Å²) in [5, 5.41) is 14.4. The minimum atomic E-state index is -0.460. The van der Waals surface area contributed by atoms with E-state index in [9.17, 15) is 10.1 Å². The SMILES string of the molecule is CCN(CC)CC(C)Nc1cc(Cl)c([N+](=O)[O-])cc1C. The van der Waals surface area contributed by atoms with Crippen molar-refractivity contribution in [1.29, 1.82) is 0 Å². The molecule has 20 heavy (non-hydrogen) atoms. The first-order chi connectivity index (χ1) is 9.38. The van der Waals surface area contributed by atoms with Crippen molar-refractivity contribution in [3.8, 4) is 0 Å². The van der Waals surface area contributed by atoms with Gasteiger partial charge in [0.1, 0.15) is 5.02 Å². The predicted molar refractivity (Wildman–Crippen MR) is 83.7 cm³/mol. The maximum atomic E-state index is 10.8. The largest absolute Gasteiger partial charge is 0.381 e. The van der Waals surface area contributed by atoms with Crippen molar-refractivity contribution in [2.75, 3.05) is 25.0 Å². The molecule has 5 nitrogen and oxygen atoms in total. The highest BCUT2D eigenvalue weighted by Gasteiger charge is 2.16. The van der Waals surface area contributed by atoms with Gasteiger partial charge in [-0.2, -0.15) is 0 Å². The van der Waals surface area contributed by atoms with Crippen molar-refractivity contribution in [2.45, 2.75) is 33.7 Å². The molecule has 0 aliphatic heterocycles. The van der Waals surface area contributed by atoms with Crippen LogP contribution in [0.5, 0.6) is 0 Å². The summed E-state index contributed by atoms with van der Waals surface area (Å²) in [7, 11) is 0. The molecular formula is C14H22ClN3O2. The number of likely N-dealkylation sites (N-methyl/N-ethyl adjacent to an activating group) is 1. The maximum Gasteiger partial charge on any atom is 0.288 e. The number of hydrogen-bond donors (Lipinski definition) is 1. The fourth-order valence-corrected chi connectivity index (χ4v) is 2.37. The minimum absolute atomic E-state index is 0.0499. The van der Waals surface area contributed by atoms with Gasteiger partial charge < -0.3 is 10.2 Å². The van der Waals surface area contributed by atoms with Crippen molar-refractivity contribution in [1.82, 2.24) is 4.90 Å². The average molecular weight is 300 g/mol. The van der Waals surface area contributed by atoms with Crippen LogP contribution >= 0.6 is 11.6 Å². The number of nitro benzene ring substituents is 1. The van der Waals surface area contributed by atoms with Crippen molar-refractivity contribution in [3.63, 3.8) is 0 Å². The molecule has 1 aromatic carbocycles. The number of nitrogens with zero attached hydrogens (tertiary/aromatic N) is 2. The Morgan fingerprint density at radius 3 is 2.50 bits per heavy atom. The fraction of sp³-hybridized carbons (Fsp3) is 0.571. The van der Waals surface area contributed by atoms with E-state index in [1.165, 1.54) is 6.07 Å². The van der Waals surface area contributed by atoms with Crippen molar-refractivity contribution >= 4 is 23.0 Å². The molecule has 0 aliphatic carbocycles. The highest BCUT2D eigenvalue weighted by molar-refractivity contribution is 6.33. The summed E-state index contributed by atoms with van der Waals surface area (Å²) in [6.07, 6.45) is 0. The quantitative estimate of drug-likeness (QED) is 0.616. The number of nitrogens with one attached hydrogen (secondary N) is 1. The summed E-state index contributed by atoms with van der Waals surface area (Å²) < 4.78 is 0. The van der Waals surface area contributed by atoms with Crippen LogP contribution in [-0.4, -0.2) is 35.5 Å². The predicted octanol–water partition coefficient (Wildman–Crippen LogP) is 3.70. The standard InChI is InChI=1S/C14H22ClN3O2/c1-5-17(6-2)9-11(4)16-13-8-12(15)14(18(19)20)7-10(13)3/h7-8,11,16H,5-6,9H2,1-4H3. The summed E-state index contributed by atoms with van der Waals surface area (Å²) in [5.74, 6) is 0. The molecule has 0 heterocycles. The van der Waals surface area contributed by atoms with Crippen LogP contribution in [0.1, 0.15) is 26.3 Å². The smallest absolute Gasteiger partial charge is 0.288 e. The molecule has 1 atom stereocenters. The molecule has 0 aliphatic rings. The van der Waals surface area contributed by atoms with Gasteiger partial charge in [-0.1, -0.05) is 25.4 Å². The molecule has 1 unspecified atom stereocenters. The van der Waals surface area contributed by atoms with Crippen LogP contribution in [0.2, 0.25) is 5.02 Å². The molecule has 112 valence electrons. The Bertz CT molecular complexity index is 476. The molecule has 1 N–H and O–H groups in total. The normalized spacial score (nSPS) is 12.5. The van der Waals surface area contributed by atoms with Gasteiger partial charge in [-0.25, -0.2) is 0 Å². The zero-order valence-corrected chi connectivity index (χ0v) is 13.2. The highest BCUT2D eigenvalue weighted by atomic mass is 35.5. The molecule has 0 spiro atoms. The second kappa shape index (κ2) is 7.45. The molecule has 0 saturated heterocycles. The van der Waals surface area contributed by atoms with E-state index < -0.39 is 4.92 Å². The summed E-state index contributed by atoms with van der Waals surface area (Å²) in [6, 6.07) is 3.38. The van der Waals surface area contributed by atoms with Crippen LogP contribution in [0.15, 0.2) is 12.1 Å². The lowest BCUT2D eigenvalue weighted by atomic mass is 10.1. The lowest BCUT2D eigenvalue weighted by molar-refractivity contribution is -0.384. The number of anilines is 1. The van der Waals surface area contributed by atoms with Gasteiger partial charge in [0.2, 0.25) is 0 Å². The van der Waals surface area contributed by atoms with Crippen LogP contribution in [0.4, 0.5) is 11.4 Å². The Hall–Kier alpha value is -1.33. The lowest BCUT2D eigenvalue weighted by Crippen LogP contribution is -2.34. The van der Waals surface area contributed by atoms with E-state index in [1.54, 1.807) is 6.07 Å². The van der Waals surface area contributed by atoms with Crippen molar-refractivity contribution in [3.05, 3.63) is 32.8 Å². The van der Waals surface area contributed by atoms with E-state index in [0.717, 1.165) is 30.9 Å². The number of rotatable bonds is 7.